The number of aromatic nitrogens is 3. The van der Waals surface area contributed by atoms with Crippen LogP contribution in [0.15, 0.2) is 84.0 Å². The van der Waals surface area contributed by atoms with Crippen molar-refractivity contribution in [2.75, 3.05) is 69.2 Å². The Balaban J connectivity index is 1.49. The molecule has 5 rings (SSSR count). The molecule has 2 aromatic heterocycles. The predicted octanol–water partition coefficient (Wildman–Crippen LogP) is 6.23. The van der Waals surface area contributed by atoms with Crippen molar-refractivity contribution in [2.45, 2.75) is 31.3 Å². The fourth-order valence-corrected chi connectivity index (χ4v) is 7.05. The lowest BCUT2D eigenvalue weighted by Crippen LogP contribution is -2.29. The molecular formula is C38H47N7O5S. The molecule has 0 radical (unpaired) electrons. The molecule has 0 saturated heterocycles. The topological polar surface area (TPSA) is 131 Å². The second-order valence-corrected chi connectivity index (χ2v) is 15.0. The maximum atomic E-state index is 13.3. The number of anilines is 4. The first-order valence-electron chi connectivity index (χ1n) is 16.9. The molecule has 3 aromatic carbocycles. The Labute approximate surface area is 300 Å². The first kappa shape index (κ1) is 37.1. The quantitative estimate of drug-likeness (QED) is 0.0892. The third-order valence-corrected chi connectivity index (χ3v) is 10.2. The maximum Gasteiger partial charge on any atom is 0.342 e. The molecule has 0 aliphatic carbocycles. The monoisotopic (exact) mass is 713 g/mol. The van der Waals surface area contributed by atoms with Crippen molar-refractivity contribution in [1.29, 1.82) is 0 Å². The van der Waals surface area contributed by atoms with E-state index in [1.165, 1.54) is 6.20 Å². The molecule has 0 amide bonds. The molecule has 0 fully saturated rings. The van der Waals surface area contributed by atoms with E-state index >= 15 is 0 Å². The molecule has 13 heteroatoms. The summed E-state index contributed by atoms with van der Waals surface area (Å²) in [5.41, 5.74) is 4.70. The number of sulfone groups is 1. The molecule has 2 heterocycles. The Morgan fingerprint density at radius 2 is 1.71 bits per heavy atom. The number of ether oxygens (including phenoxy) is 2. The molecule has 0 saturated carbocycles. The summed E-state index contributed by atoms with van der Waals surface area (Å²) in [4.78, 5) is 27.2. The van der Waals surface area contributed by atoms with Gasteiger partial charge in [-0.25, -0.2) is 23.2 Å². The van der Waals surface area contributed by atoms with Crippen LogP contribution >= 0.6 is 0 Å². The zero-order valence-corrected chi connectivity index (χ0v) is 31.1. The number of hydrogen-bond donors (Lipinski definition) is 2. The van der Waals surface area contributed by atoms with Gasteiger partial charge in [0, 0.05) is 68.7 Å². The van der Waals surface area contributed by atoms with Crippen molar-refractivity contribution in [3.05, 3.63) is 84.7 Å². The van der Waals surface area contributed by atoms with Crippen LogP contribution < -0.4 is 20.3 Å². The van der Waals surface area contributed by atoms with Gasteiger partial charge < -0.3 is 34.5 Å². The van der Waals surface area contributed by atoms with Gasteiger partial charge in [-0.3, -0.25) is 0 Å². The maximum absolute atomic E-state index is 13.3. The van der Waals surface area contributed by atoms with Crippen LogP contribution in [0, 0.1) is 0 Å². The van der Waals surface area contributed by atoms with Crippen LogP contribution in [0.1, 0.15) is 30.6 Å². The van der Waals surface area contributed by atoms with E-state index in [9.17, 15) is 13.2 Å². The summed E-state index contributed by atoms with van der Waals surface area (Å²) in [5.74, 6) is 0.305. The average Bonchev–Trinajstić information content (AvgIpc) is 3.45. The molecule has 0 atom stereocenters. The SMILES string of the molecule is COc1cc(N(C)CCN(C)C)c(NCCCS(=O)(=O)c2ccccc2)cc1Nc1ncc(C(=O)OC(C)C)c(-c2cn(C)c3ccccc23)n1. The number of nitrogens with one attached hydrogen (secondary N) is 2. The Hall–Kier alpha value is -5.14. The number of esters is 1. The number of aryl methyl sites for hydroxylation is 1. The summed E-state index contributed by atoms with van der Waals surface area (Å²) in [6.07, 6.45) is 3.51. The number of methoxy groups -OCH3 is 1. The predicted molar refractivity (Wildman–Crippen MR) is 204 cm³/mol. The number of rotatable bonds is 16. The van der Waals surface area contributed by atoms with Gasteiger partial charge in [-0.05, 0) is 58.6 Å². The number of nitrogens with zero attached hydrogens (tertiary/aromatic N) is 5. The van der Waals surface area contributed by atoms with E-state index in [1.807, 2.05) is 75.4 Å². The Kier molecular flexibility index (Phi) is 11.8. The van der Waals surface area contributed by atoms with Gasteiger partial charge in [-0.15, -0.1) is 0 Å². The fourth-order valence-electron chi connectivity index (χ4n) is 5.72. The third-order valence-electron chi connectivity index (χ3n) is 8.37. The number of carbonyl (C=O) groups is 1. The van der Waals surface area contributed by atoms with Crippen LogP contribution in [0.5, 0.6) is 5.75 Å². The van der Waals surface area contributed by atoms with Gasteiger partial charge in [0.15, 0.2) is 9.84 Å². The molecule has 12 nitrogen and oxygen atoms in total. The van der Waals surface area contributed by atoms with Crippen molar-refractivity contribution >= 4 is 49.7 Å². The molecule has 0 bridgehead atoms. The van der Waals surface area contributed by atoms with Crippen LogP contribution in [-0.2, 0) is 21.6 Å². The summed E-state index contributed by atoms with van der Waals surface area (Å²) >= 11 is 0. The Bertz CT molecular complexity index is 2080. The second kappa shape index (κ2) is 16.3. The zero-order valence-electron chi connectivity index (χ0n) is 30.3. The second-order valence-electron chi connectivity index (χ2n) is 12.9. The van der Waals surface area contributed by atoms with E-state index < -0.39 is 15.8 Å². The van der Waals surface area contributed by atoms with Gasteiger partial charge in [0.2, 0.25) is 5.95 Å². The lowest BCUT2D eigenvalue weighted by Gasteiger charge is -2.26. The highest BCUT2D eigenvalue weighted by Gasteiger charge is 2.23. The molecule has 270 valence electrons. The molecule has 5 aromatic rings. The number of fused-ring (bicyclic) bond motifs is 1. The van der Waals surface area contributed by atoms with E-state index in [1.54, 1.807) is 51.3 Å². The van der Waals surface area contributed by atoms with Crippen LogP contribution in [0.3, 0.4) is 0 Å². The van der Waals surface area contributed by atoms with Crippen molar-refractivity contribution in [2.24, 2.45) is 7.05 Å². The number of hydrogen-bond acceptors (Lipinski definition) is 11. The van der Waals surface area contributed by atoms with Crippen molar-refractivity contribution in [3.8, 4) is 17.0 Å². The zero-order chi connectivity index (χ0) is 36.7. The molecule has 2 N–H and O–H groups in total. The number of likely N-dealkylation sites (N-methyl/N-ethyl adjacent to an activating group) is 2. The first-order valence-corrected chi connectivity index (χ1v) is 18.5. The van der Waals surface area contributed by atoms with Gasteiger partial charge in [-0.1, -0.05) is 36.4 Å². The Morgan fingerprint density at radius 1 is 0.980 bits per heavy atom. The van der Waals surface area contributed by atoms with Gasteiger partial charge in [-0.2, -0.15) is 0 Å². The van der Waals surface area contributed by atoms with E-state index in [2.05, 4.69) is 25.4 Å². The summed E-state index contributed by atoms with van der Waals surface area (Å²) in [6.45, 7) is 5.58. The standard InChI is InChI=1S/C38H47N7O5S/c1-26(2)50-37(46)29-24-40-38(42-36(29)30-25-45(6)33-17-12-11-16-28(30)33)41-32-22-31(34(23-35(32)49-7)44(5)20-19-43(3)4)39-18-13-21-51(47,48)27-14-9-8-10-15-27/h8-12,14-17,22-26,39H,13,18-21H2,1-7H3,(H,40,41,42). The summed E-state index contributed by atoms with van der Waals surface area (Å²) in [6, 6.07) is 20.3. The molecule has 0 aliphatic heterocycles. The van der Waals surface area contributed by atoms with Crippen LogP contribution in [0.4, 0.5) is 23.0 Å². The largest absolute Gasteiger partial charge is 0.494 e. The molecular weight excluding hydrogens is 667 g/mol. The molecule has 0 aliphatic rings. The number of carbonyl (C=O) groups excluding carboxylic acids is 1. The third kappa shape index (κ3) is 8.97. The first-order chi connectivity index (χ1) is 24.4. The highest BCUT2D eigenvalue weighted by molar-refractivity contribution is 7.91. The van der Waals surface area contributed by atoms with Crippen molar-refractivity contribution < 1.29 is 22.7 Å². The number of para-hydroxylation sites is 1. The van der Waals surface area contributed by atoms with E-state index in [-0.39, 0.29) is 23.4 Å². The highest BCUT2D eigenvalue weighted by Crippen LogP contribution is 2.39. The normalized spacial score (nSPS) is 11.6. The molecule has 51 heavy (non-hydrogen) atoms. The van der Waals surface area contributed by atoms with Crippen molar-refractivity contribution in [3.63, 3.8) is 0 Å². The minimum atomic E-state index is -3.41. The molecule has 0 spiro atoms. The van der Waals surface area contributed by atoms with Crippen LogP contribution in [-0.4, -0.2) is 93.6 Å². The van der Waals surface area contributed by atoms with Gasteiger partial charge in [0.25, 0.3) is 0 Å². The smallest absolute Gasteiger partial charge is 0.342 e. The Morgan fingerprint density at radius 3 is 2.41 bits per heavy atom. The fraction of sp³-hybridized carbons (Fsp3) is 0.342. The van der Waals surface area contributed by atoms with Crippen LogP contribution in [0.2, 0.25) is 0 Å². The lowest BCUT2D eigenvalue weighted by atomic mass is 10.1. The minimum absolute atomic E-state index is 0.00740. The average molecular weight is 714 g/mol. The van der Waals surface area contributed by atoms with Gasteiger partial charge >= 0.3 is 5.97 Å². The van der Waals surface area contributed by atoms with Gasteiger partial charge in [0.1, 0.15) is 11.3 Å². The lowest BCUT2D eigenvalue weighted by molar-refractivity contribution is 0.0378. The number of benzene rings is 3. The summed E-state index contributed by atoms with van der Waals surface area (Å²) < 4.78 is 39.3. The van der Waals surface area contributed by atoms with Gasteiger partial charge in [0.05, 0.1) is 46.6 Å². The summed E-state index contributed by atoms with van der Waals surface area (Å²) in [7, 11) is 6.18. The van der Waals surface area contributed by atoms with Crippen molar-refractivity contribution in [1.82, 2.24) is 19.4 Å². The van der Waals surface area contributed by atoms with E-state index in [0.29, 0.717) is 35.0 Å². The van der Waals surface area contributed by atoms with E-state index in [4.69, 9.17) is 14.5 Å². The van der Waals surface area contributed by atoms with Crippen LogP contribution in [0.25, 0.3) is 22.2 Å². The molecule has 0 unspecified atom stereocenters. The highest BCUT2D eigenvalue weighted by atomic mass is 32.2. The van der Waals surface area contributed by atoms with E-state index in [0.717, 1.165) is 40.9 Å². The summed E-state index contributed by atoms with van der Waals surface area (Å²) in [5, 5.41) is 7.72. The minimum Gasteiger partial charge on any atom is -0.494 e.